The normalized spacial score (nSPS) is 10.9. The number of aryl methyl sites for hydroxylation is 2. The molecule has 0 saturated carbocycles. The summed E-state index contributed by atoms with van der Waals surface area (Å²) in [4.78, 5) is 14.1. The molecule has 0 spiro atoms. The van der Waals surface area contributed by atoms with Crippen molar-refractivity contribution in [1.29, 1.82) is 0 Å². The minimum atomic E-state index is -0.122. The van der Waals surface area contributed by atoms with E-state index in [9.17, 15) is 4.79 Å². The first kappa shape index (κ1) is 16.0. The van der Waals surface area contributed by atoms with Crippen LogP contribution in [0.4, 0.5) is 0 Å². The summed E-state index contributed by atoms with van der Waals surface area (Å²) in [6.45, 7) is 5.65. The third-order valence-corrected chi connectivity index (χ3v) is 4.04. The standard InChI is InChI=1S/C13H17BrClN5O/c1-4-19-7-10(15)11(17-19)8-18(3)13(21)12-9(14)6-16-20(12)5-2/h6-7H,4-5,8H2,1-3H3. The summed E-state index contributed by atoms with van der Waals surface area (Å²) in [5.41, 5.74) is 1.22. The predicted octanol–water partition coefficient (Wildman–Crippen LogP) is 2.81. The molecule has 0 aromatic carbocycles. The fraction of sp³-hybridized carbons (Fsp3) is 0.462. The Bertz CT molecular complexity index is 651. The highest BCUT2D eigenvalue weighted by atomic mass is 79.9. The van der Waals surface area contributed by atoms with Gasteiger partial charge in [0, 0.05) is 26.3 Å². The number of rotatable bonds is 5. The smallest absolute Gasteiger partial charge is 0.273 e. The molecule has 0 aliphatic heterocycles. The molecule has 8 heteroatoms. The van der Waals surface area contributed by atoms with Gasteiger partial charge >= 0.3 is 0 Å². The van der Waals surface area contributed by atoms with Crippen LogP contribution in [0.15, 0.2) is 16.9 Å². The van der Waals surface area contributed by atoms with E-state index in [1.807, 2.05) is 13.8 Å². The monoisotopic (exact) mass is 373 g/mol. The van der Waals surface area contributed by atoms with Gasteiger partial charge in [-0.2, -0.15) is 10.2 Å². The van der Waals surface area contributed by atoms with Crippen molar-refractivity contribution in [1.82, 2.24) is 24.5 Å². The van der Waals surface area contributed by atoms with E-state index in [1.54, 1.807) is 33.7 Å². The fourth-order valence-corrected chi connectivity index (χ4v) is 2.67. The number of amides is 1. The van der Waals surface area contributed by atoms with Gasteiger partial charge in [-0.3, -0.25) is 14.2 Å². The lowest BCUT2D eigenvalue weighted by Gasteiger charge is -2.17. The minimum Gasteiger partial charge on any atom is -0.334 e. The second-order valence-electron chi connectivity index (χ2n) is 4.60. The summed E-state index contributed by atoms with van der Waals surface area (Å²) < 4.78 is 4.10. The SMILES string of the molecule is CCn1cc(Cl)c(CN(C)C(=O)c2c(Br)cnn2CC)n1. The number of nitrogens with zero attached hydrogens (tertiary/aromatic N) is 5. The largest absolute Gasteiger partial charge is 0.334 e. The Morgan fingerprint density at radius 2 is 2.14 bits per heavy atom. The quantitative estimate of drug-likeness (QED) is 0.808. The molecule has 2 rings (SSSR count). The summed E-state index contributed by atoms with van der Waals surface area (Å²) >= 11 is 9.50. The van der Waals surface area contributed by atoms with E-state index in [2.05, 4.69) is 26.1 Å². The van der Waals surface area contributed by atoms with Crippen LogP contribution in [0.5, 0.6) is 0 Å². The summed E-state index contributed by atoms with van der Waals surface area (Å²) in [6.07, 6.45) is 3.39. The summed E-state index contributed by atoms with van der Waals surface area (Å²) in [6, 6.07) is 0. The summed E-state index contributed by atoms with van der Waals surface area (Å²) in [7, 11) is 1.73. The zero-order valence-electron chi connectivity index (χ0n) is 12.2. The zero-order valence-corrected chi connectivity index (χ0v) is 14.5. The van der Waals surface area contributed by atoms with Crippen LogP contribution in [0.1, 0.15) is 30.0 Å². The lowest BCUT2D eigenvalue weighted by atomic mass is 10.3. The third kappa shape index (κ3) is 3.29. The molecule has 2 heterocycles. The van der Waals surface area contributed by atoms with Crippen LogP contribution in [0.25, 0.3) is 0 Å². The Morgan fingerprint density at radius 1 is 1.43 bits per heavy atom. The topological polar surface area (TPSA) is 56.0 Å². The van der Waals surface area contributed by atoms with Crippen molar-refractivity contribution in [2.75, 3.05) is 7.05 Å². The first-order chi connectivity index (χ1) is 9.97. The van der Waals surface area contributed by atoms with Crippen molar-refractivity contribution in [3.63, 3.8) is 0 Å². The van der Waals surface area contributed by atoms with Gasteiger partial charge in [-0.15, -0.1) is 0 Å². The molecule has 0 aliphatic rings. The molecule has 2 aromatic heterocycles. The van der Waals surface area contributed by atoms with Crippen LogP contribution in [0.2, 0.25) is 5.02 Å². The van der Waals surface area contributed by atoms with Crippen molar-refractivity contribution in [3.8, 4) is 0 Å². The maximum atomic E-state index is 12.6. The predicted molar refractivity (Wildman–Crippen MR) is 84.3 cm³/mol. The zero-order chi connectivity index (χ0) is 15.6. The summed E-state index contributed by atoms with van der Waals surface area (Å²) in [5.74, 6) is -0.122. The highest BCUT2D eigenvalue weighted by Crippen LogP contribution is 2.20. The van der Waals surface area contributed by atoms with Gasteiger partial charge in [0.1, 0.15) is 11.4 Å². The fourth-order valence-electron chi connectivity index (χ4n) is 2.00. The molecular formula is C13H17BrClN5O. The average Bonchev–Trinajstić information content (AvgIpc) is 3.01. The van der Waals surface area contributed by atoms with Crippen molar-refractivity contribution >= 4 is 33.4 Å². The molecule has 0 atom stereocenters. The lowest BCUT2D eigenvalue weighted by molar-refractivity contribution is 0.0770. The molecule has 0 bridgehead atoms. The van der Waals surface area contributed by atoms with Crippen LogP contribution >= 0.6 is 27.5 Å². The van der Waals surface area contributed by atoms with E-state index in [-0.39, 0.29) is 5.91 Å². The molecule has 0 N–H and O–H groups in total. The minimum absolute atomic E-state index is 0.122. The van der Waals surface area contributed by atoms with Gasteiger partial charge in [0.05, 0.1) is 22.2 Å². The molecule has 6 nitrogen and oxygen atoms in total. The molecule has 21 heavy (non-hydrogen) atoms. The van der Waals surface area contributed by atoms with Crippen molar-refractivity contribution in [3.05, 3.63) is 33.3 Å². The van der Waals surface area contributed by atoms with Gasteiger partial charge in [0.2, 0.25) is 0 Å². The van der Waals surface area contributed by atoms with Crippen LogP contribution in [0.3, 0.4) is 0 Å². The first-order valence-electron chi connectivity index (χ1n) is 6.66. The Labute approximate surface area is 136 Å². The van der Waals surface area contributed by atoms with E-state index in [0.29, 0.717) is 34.0 Å². The van der Waals surface area contributed by atoms with E-state index in [0.717, 1.165) is 6.54 Å². The van der Waals surface area contributed by atoms with Crippen LogP contribution < -0.4 is 0 Å². The molecular weight excluding hydrogens is 358 g/mol. The number of halogens is 2. The third-order valence-electron chi connectivity index (χ3n) is 3.14. The molecule has 0 unspecified atom stereocenters. The molecule has 0 aliphatic carbocycles. The van der Waals surface area contributed by atoms with Crippen molar-refractivity contribution in [2.24, 2.45) is 0 Å². The number of carbonyl (C=O) groups is 1. The Balaban J connectivity index is 2.19. The van der Waals surface area contributed by atoms with Gasteiger partial charge in [0.25, 0.3) is 5.91 Å². The molecule has 0 fully saturated rings. The molecule has 0 saturated heterocycles. The Hall–Kier alpha value is -1.34. The number of hydrogen-bond acceptors (Lipinski definition) is 3. The van der Waals surface area contributed by atoms with E-state index < -0.39 is 0 Å². The van der Waals surface area contributed by atoms with Gasteiger partial charge in [-0.05, 0) is 29.8 Å². The maximum Gasteiger partial charge on any atom is 0.273 e. The number of aromatic nitrogens is 4. The van der Waals surface area contributed by atoms with Gasteiger partial charge in [-0.1, -0.05) is 11.6 Å². The second kappa shape index (κ2) is 6.62. The molecule has 114 valence electrons. The van der Waals surface area contributed by atoms with E-state index in [4.69, 9.17) is 11.6 Å². The summed E-state index contributed by atoms with van der Waals surface area (Å²) in [5, 5.41) is 9.08. The van der Waals surface area contributed by atoms with Crippen molar-refractivity contribution < 1.29 is 4.79 Å². The van der Waals surface area contributed by atoms with E-state index in [1.165, 1.54) is 0 Å². The Kier molecular flexibility index (Phi) is 5.05. The van der Waals surface area contributed by atoms with Gasteiger partial charge < -0.3 is 4.90 Å². The van der Waals surface area contributed by atoms with E-state index >= 15 is 0 Å². The van der Waals surface area contributed by atoms with Crippen LogP contribution in [-0.2, 0) is 19.6 Å². The Morgan fingerprint density at radius 3 is 2.71 bits per heavy atom. The highest BCUT2D eigenvalue weighted by molar-refractivity contribution is 9.10. The number of carbonyl (C=O) groups excluding carboxylic acids is 1. The van der Waals surface area contributed by atoms with Gasteiger partial charge in [0.15, 0.2) is 0 Å². The average molecular weight is 375 g/mol. The molecule has 2 aromatic rings. The maximum absolute atomic E-state index is 12.6. The molecule has 0 radical (unpaired) electrons. The lowest BCUT2D eigenvalue weighted by Crippen LogP contribution is -2.29. The molecule has 1 amide bonds. The highest BCUT2D eigenvalue weighted by Gasteiger charge is 2.21. The van der Waals surface area contributed by atoms with Crippen LogP contribution in [0, 0.1) is 0 Å². The number of hydrogen-bond donors (Lipinski definition) is 0. The van der Waals surface area contributed by atoms with Crippen LogP contribution in [-0.4, -0.2) is 37.4 Å². The first-order valence-corrected chi connectivity index (χ1v) is 7.83. The second-order valence-corrected chi connectivity index (χ2v) is 5.86. The van der Waals surface area contributed by atoms with Gasteiger partial charge in [-0.25, -0.2) is 0 Å². The van der Waals surface area contributed by atoms with Crippen molar-refractivity contribution in [2.45, 2.75) is 33.5 Å².